The smallest absolute Gasteiger partial charge is 0.239 e. The lowest BCUT2D eigenvalue weighted by Gasteiger charge is -2.37. The summed E-state index contributed by atoms with van der Waals surface area (Å²) in [7, 11) is 1.85. The number of anilines is 1. The number of hydrogen-bond acceptors (Lipinski definition) is 5. The molecule has 1 atom stereocenters. The minimum Gasteiger partial charge on any atom is -0.367 e. The summed E-state index contributed by atoms with van der Waals surface area (Å²) in [6.07, 6.45) is 3.52. The maximum Gasteiger partial charge on any atom is 0.239 e. The molecule has 22 heavy (non-hydrogen) atoms. The number of nitrogens with zero attached hydrogens (tertiary/aromatic N) is 4. The van der Waals surface area contributed by atoms with Gasteiger partial charge in [-0.1, -0.05) is 0 Å². The van der Waals surface area contributed by atoms with Gasteiger partial charge < -0.3 is 15.5 Å². The lowest BCUT2D eigenvalue weighted by molar-refractivity contribution is -0.144. The summed E-state index contributed by atoms with van der Waals surface area (Å²) in [5.41, 5.74) is 5.09. The van der Waals surface area contributed by atoms with E-state index in [-0.39, 0.29) is 23.2 Å². The fourth-order valence-electron chi connectivity index (χ4n) is 3.54. The largest absolute Gasteiger partial charge is 0.367 e. The first-order valence-corrected chi connectivity index (χ1v) is 7.70. The van der Waals surface area contributed by atoms with Crippen molar-refractivity contribution < 1.29 is 9.59 Å². The number of aryl methyl sites for hydroxylation is 1. The summed E-state index contributed by atoms with van der Waals surface area (Å²) in [6.45, 7) is 2.03. The van der Waals surface area contributed by atoms with Crippen LogP contribution in [-0.2, 0) is 16.0 Å². The number of aromatic nitrogens is 3. The Morgan fingerprint density at radius 2 is 2.23 bits per heavy atom. The van der Waals surface area contributed by atoms with Crippen LogP contribution in [0.2, 0.25) is 0 Å². The van der Waals surface area contributed by atoms with Gasteiger partial charge in [0.25, 0.3) is 0 Å². The molecule has 1 spiro atoms. The molecule has 2 aliphatic rings. The van der Waals surface area contributed by atoms with Crippen LogP contribution in [0.5, 0.6) is 0 Å². The average Bonchev–Trinajstić information content (AvgIpc) is 3.10. The highest BCUT2D eigenvalue weighted by molar-refractivity contribution is 5.86. The van der Waals surface area contributed by atoms with Crippen molar-refractivity contribution in [1.82, 2.24) is 25.0 Å². The zero-order valence-corrected chi connectivity index (χ0v) is 12.8. The first-order valence-electron chi connectivity index (χ1n) is 7.70. The number of piperidine rings is 1. The van der Waals surface area contributed by atoms with E-state index in [1.54, 1.807) is 4.90 Å². The molecule has 0 radical (unpaired) electrons. The predicted octanol–water partition coefficient (Wildman–Crippen LogP) is -0.210. The molecule has 0 saturated carbocycles. The molecule has 2 fully saturated rings. The fraction of sp³-hybridized carbons (Fsp3) is 0.714. The third kappa shape index (κ3) is 2.65. The topological polar surface area (TPSA) is 108 Å². The molecule has 1 aromatic heterocycles. The Balaban J connectivity index is 1.57. The molecular weight excluding hydrogens is 284 g/mol. The number of nitrogen functional groups attached to an aromatic ring is 1. The van der Waals surface area contributed by atoms with Crippen molar-refractivity contribution in [3.63, 3.8) is 0 Å². The molecule has 0 bridgehead atoms. The number of nitrogens with two attached hydrogens (primary N) is 1. The standard InChI is InChI=1S/C14H22N6O2/c1-19-7-2-5-14(12(19)22)6-8-20(9-14)11(21)4-3-10-16-13(15)18-17-10/h2-9H2,1H3,(H3,15,16,17,18)/t14-/m0/s1. The zero-order valence-electron chi connectivity index (χ0n) is 12.8. The first-order chi connectivity index (χ1) is 10.5. The first kappa shape index (κ1) is 14.8. The lowest BCUT2D eigenvalue weighted by atomic mass is 9.78. The number of carbonyl (C=O) groups is 2. The molecule has 0 aliphatic carbocycles. The van der Waals surface area contributed by atoms with Crippen LogP contribution >= 0.6 is 0 Å². The van der Waals surface area contributed by atoms with Crippen molar-refractivity contribution in [2.45, 2.75) is 32.1 Å². The number of nitrogens with one attached hydrogen (secondary N) is 1. The van der Waals surface area contributed by atoms with E-state index in [2.05, 4.69) is 15.2 Å². The molecule has 8 heteroatoms. The zero-order chi connectivity index (χ0) is 15.7. The van der Waals surface area contributed by atoms with Crippen LogP contribution < -0.4 is 5.73 Å². The quantitative estimate of drug-likeness (QED) is 0.803. The molecule has 3 heterocycles. The summed E-state index contributed by atoms with van der Waals surface area (Å²) in [5, 5.41) is 6.45. The summed E-state index contributed by atoms with van der Waals surface area (Å²) < 4.78 is 0. The van der Waals surface area contributed by atoms with Crippen LogP contribution in [0.3, 0.4) is 0 Å². The van der Waals surface area contributed by atoms with E-state index in [0.29, 0.717) is 31.8 Å². The van der Waals surface area contributed by atoms with E-state index in [4.69, 9.17) is 5.73 Å². The molecular formula is C14H22N6O2. The SMILES string of the molecule is CN1CCC[C@@]2(CCN(C(=O)CCc3nc(N)n[nH]3)C2)C1=O. The van der Waals surface area contributed by atoms with Crippen molar-refractivity contribution in [1.29, 1.82) is 0 Å². The maximum absolute atomic E-state index is 12.5. The minimum atomic E-state index is -0.348. The third-order valence-electron chi connectivity index (χ3n) is 4.78. The molecule has 2 amide bonds. The third-order valence-corrected chi connectivity index (χ3v) is 4.78. The van der Waals surface area contributed by atoms with Gasteiger partial charge in [0.15, 0.2) is 0 Å². The van der Waals surface area contributed by atoms with E-state index < -0.39 is 0 Å². The summed E-state index contributed by atoms with van der Waals surface area (Å²) in [6, 6.07) is 0. The van der Waals surface area contributed by atoms with Crippen molar-refractivity contribution in [3.8, 4) is 0 Å². The van der Waals surface area contributed by atoms with Crippen LogP contribution in [-0.4, -0.2) is 63.5 Å². The second-order valence-corrected chi connectivity index (χ2v) is 6.32. The summed E-state index contributed by atoms with van der Waals surface area (Å²) in [4.78, 5) is 32.4. The molecule has 8 nitrogen and oxygen atoms in total. The van der Waals surface area contributed by atoms with Gasteiger partial charge >= 0.3 is 0 Å². The molecule has 2 saturated heterocycles. The van der Waals surface area contributed by atoms with Gasteiger partial charge in [0.05, 0.1) is 5.41 Å². The van der Waals surface area contributed by atoms with E-state index in [1.165, 1.54) is 0 Å². The Labute approximate surface area is 129 Å². The number of amides is 2. The second kappa shape index (κ2) is 5.58. The molecule has 1 aromatic rings. The molecule has 3 rings (SSSR count). The number of carbonyl (C=O) groups excluding carboxylic acids is 2. The van der Waals surface area contributed by atoms with E-state index in [9.17, 15) is 9.59 Å². The van der Waals surface area contributed by atoms with Gasteiger partial charge in [0.1, 0.15) is 5.82 Å². The number of aromatic amines is 1. The molecule has 0 aromatic carbocycles. The Bertz CT molecular complexity index is 586. The van der Waals surface area contributed by atoms with Crippen LogP contribution in [0.1, 0.15) is 31.5 Å². The van der Waals surface area contributed by atoms with Gasteiger partial charge in [-0.25, -0.2) is 0 Å². The predicted molar refractivity (Wildman–Crippen MR) is 79.6 cm³/mol. The number of hydrogen-bond donors (Lipinski definition) is 2. The minimum absolute atomic E-state index is 0.0628. The number of likely N-dealkylation sites (tertiary alicyclic amines) is 2. The van der Waals surface area contributed by atoms with Crippen molar-refractivity contribution >= 4 is 17.8 Å². The maximum atomic E-state index is 12.5. The van der Waals surface area contributed by atoms with Crippen LogP contribution in [0, 0.1) is 5.41 Å². The highest BCUT2D eigenvalue weighted by Crippen LogP contribution is 2.39. The van der Waals surface area contributed by atoms with Gasteiger partial charge in [-0.3, -0.25) is 14.7 Å². The molecule has 0 unspecified atom stereocenters. The lowest BCUT2D eigenvalue weighted by Crippen LogP contribution is -2.48. The molecule has 2 aliphatic heterocycles. The Morgan fingerprint density at radius 1 is 1.41 bits per heavy atom. The van der Waals surface area contributed by atoms with Crippen molar-refractivity contribution in [2.75, 3.05) is 32.4 Å². The van der Waals surface area contributed by atoms with Crippen LogP contribution in [0.25, 0.3) is 0 Å². The van der Waals surface area contributed by atoms with Gasteiger partial charge in [-0.05, 0) is 19.3 Å². The molecule has 3 N–H and O–H groups in total. The van der Waals surface area contributed by atoms with E-state index in [0.717, 1.165) is 25.8 Å². The Morgan fingerprint density at radius 3 is 2.95 bits per heavy atom. The summed E-state index contributed by atoms with van der Waals surface area (Å²) in [5.74, 6) is 1.07. The van der Waals surface area contributed by atoms with Crippen LogP contribution in [0.4, 0.5) is 5.95 Å². The number of rotatable bonds is 3. The monoisotopic (exact) mass is 306 g/mol. The highest BCUT2D eigenvalue weighted by atomic mass is 16.2. The Hall–Kier alpha value is -2.12. The van der Waals surface area contributed by atoms with E-state index >= 15 is 0 Å². The van der Waals surface area contributed by atoms with E-state index in [1.807, 2.05) is 11.9 Å². The van der Waals surface area contributed by atoms with Gasteiger partial charge in [-0.15, -0.1) is 5.10 Å². The highest BCUT2D eigenvalue weighted by Gasteiger charge is 2.48. The fourth-order valence-corrected chi connectivity index (χ4v) is 3.54. The second-order valence-electron chi connectivity index (χ2n) is 6.32. The average molecular weight is 306 g/mol. The van der Waals surface area contributed by atoms with Gasteiger partial charge in [-0.2, -0.15) is 4.98 Å². The van der Waals surface area contributed by atoms with Crippen LogP contribution in [0.15, 0.2) is 0 Å². The van der Waals surface area contributed by atoms with Crippen molar-refractivity contribution in [3.05, 3.63) is 5.82 Å². The normalized spacial score (nSPS) is 25.2. The molecule has 120 valence electrons. The van der Waals surface area contributed by atoms with Crippen molar-refractivity contribution in [2.24, 2.45) is 5.41 Å². The Kier molecular flexibility index (Phi) is 3.76. The summed E-state index contributed by atoms with van der Waals surface area (Å²) >= 11 is 0. The number of H-pyrrole nitrogens is 1. The van der Waals surface area contributed by atoms with Gasteiger partial charge in [0, 0.05) is 39.5 Å². The van der Waals surface area contributed by atoms with Gasteiger partial charge in [0.2, 0.25) is 17.8 Å².